The van der Waals surface area contributed by atoms with Gasteiger partial charge in [-0.3, -0.25) is 4.68 Å². The maximum Gasteiger partial charge on any atom is 0.193 e. The van der Waals surface area contributed by atoms with E-state index < -0.39 is 11.6 Å². The second kappa shape index (κ2) is 7.53. The summed E-state index contributed by atoms with van der Waals surface area (Å²) in [6.45, 7) is 3.15. The van der Waals surface area contributed by atoms with Gasteiger partial charge in [0.1, 0.15) is 5.52 Å². The Hall–Kier alpha value is -2.97. The normalized spacial score (nSPS) is 21.3. The standard InChI is InChI=1S/C24H24ClFN6O/c1-30-5-3-4-13-11-32(12-20(13)30)15-7-16-18(25)8-19(28-24(16)27-9-15)17-6-14-10-31(2)29-22(14)21(26)23(17)33/h6-10,13,20,33H,3-5,11-12H2,1-2H3/t13-,20+/m1/s1. The molecule has 6 rings (SSSR count). The molecular weight excluding hydrogens is 443 g/mol. The molecule has 2 atom stereocenters. The van der Waals surface area contributed by atoms with Crippen LogP contribution in [0.25, 0.3) is 33.2 Å². The Kier molecular flexibility index (Phi) is 4.71. The molecule has 2 aliphatic heterocycles. The summed E-state index contributed by atoms with van der Waals surface area (Å²) in [6.07, 6.45) is 6.04. The van der Waals surface area contributed by atoms with Gasteiger partial charge in [0.25, 0.3) is 0 Å². The third-order valence-corrected chi connectivity index (χ3v) is 7.44. The van der Waals surface area contributed by atoms with E-state index in [1.807, 2.05) is 12.3 Å². The highest BCUT2D eigenvalue weighted by atomic mass is 35.5. The van der Waals surface area contributed by atoms with E-state index in [-0.39, 0.29) is 11.1 Å². The van der Waals surface area contributed by atoms with Gasteiger partial charge in [-0.1, -0.05) is 11.6 Å². The van der Waals surface area contributed by atoms with Crippen LogP contribution in [-0.2, 0) is 7.05 Å². The lowest BCUT2D eigenvalue weighted by Gasteiger charge is -2.33. The first-order valence-corrected chi connectivity index (χ1v) is 11.5. The van der Waals surface area contributed by atoms with Crippen molar-refractivity contribution in [2.45, 2.75) is 18.9 Å². The highest BCUT2D eigenvalue weighted by molar-refractivity contribution is 6.35. The lowest BCUT2D eigenvalue weighted by atomic mass is 9.93. The summed E-state index contributed by atoms with van der Waals surface area (Å²) in [5.41, 5.74) is 2.23. The van der Waals surface area contributed by atoms with E-state index in [9.17, 15) is 9.50 Å². The lowest BCUT2D eigenvalue weighted by molar-refractivity contribution is 0.158. The summed E-state index contributed by atoms with van der Waals surface area (Å²) in [5, 5.41) is 16.3. The fraction of sp³-hybridized carbons (Fsp3) is 0.375. The number of phenolic OH excluding ortho intramolecular Hbond substituents is 1. The van der Waals surface area contributed by atoms with Crippen molar-refractivity contribution < 1.29 is 9.50 Å². The molecule has 2 aliphatic rings. The van der Waals surface area contributed by atoms with Crippen LogP contribution in [0.4, 0.5) is 10.1 Å². The maximum absolute atomic E-state index is 14.7. The van der Waals surface area contributed by atoms with Crippen molar-refractivity contribution in [3.05, 3.63) is 41.4 Å². The number of aryl methyl sites for hydroxylation is 1. The number of rotatable bonds is 2. The van der Waals surface area contributed by atoms with Gasteiger partial charge in [0.15, 0.2) is 17.2 Å². The topological polar surface area (TPSA) is 70.3 Å². The Balaban J connectivity index is 1.39. The molecule has 0 bridgehead atoms. The van der Waals surface area contributed by atoms with Gasteiger partial charge in [-0.15, -0.1) is 0 Å². The second-order valence-electron chi connectivity index (χ2n) is 9.24. The molecule has 170 valence electrons. The number of halogens is 2. The Morgan fingerprint density at radius 2 is 2.03 bits per heavy atom. The molecule has 0 aliphatic carbocycles. The van der Waals surface area contributed by atoms with Gasteiger partial charge < -0.3 is 14.9 Å². The quantitative estimate of drug-likeness (QED) is 0.477. The summed E-state index contributed by atoms with van der Waals surface area (Å²) < 4.78 is 16.2. The van der Waals surface area contributed by atoms with Crippen LogP contribution in [0.15, 0.2) is 30.6 Å². The second-order valence-corrected chi connectivity index (χ2v) is 9.64. The highest BCUT2D eigenvalue weighted by Crippen LogP contribution is 2.39. The average molecular weight is 467 g/mol. The smallest absolute Gasteiger partial charge is 0.193 e. The molecule has 4 aromatic rings. The molecule has 0 radical (unpaired) electrons. The number of benzene rings is 1. The zero-order valence-electron chi connectivity index (χ0n) is 18.5. The number of likely N-dealkylation sites (tertiary alicyclic amines) is 1. The van der Waals surface area contributed by atoms with Gasteiger partial charge in [0, 0.05) is 48.7 Å². The molecule has 0 saturated carbocycles. The van der Waals surface area contributed by atoms with Gasteiger partial charge in [-0.2, -0.15) is 5.10 Å². The van der Waals surface area contributed by atoms with Crippen molar-refractivity contribution in [1.82, 2.24) is 24.6 Å². The first kappa shape index (κ1) is 20.6. The van der Waals surface area contributed by atoms with E-state index in [1.54, 1.807) is 25.4 Å². The third kappa shape index (κ3) is 3.31. The minimum atomic E-state index is -0.773. The lowest BCUT2D eigenvalue weighted by Crippen LogP contribution is -2.42. The average Bonchev–Trinajstić information content (AvgIpc) is 3.40. The summed E-state index contributed by atoms with van der Waals surface area (Å²) in [4.78, 5) is 14.0. The number of fused-ring (bicyclic) bond motifs is 3. The number of aromatic nitrogens is 4. The number of hydrogen-bond donors (Lipinski definition) is 1. The Morgan fingerprint density at radius 1 is 1.18 bits per heavy atom. The number of pyridine rings is 2. The number of hydrogen-bond acceptors (Lipinski definition) is 6. The minimum absolute atomic E-state index is 0.116. The van der Waals surface area contributed by atoms with E-state index in [0.717, 1.165) is 30.7 Å². The molecule has 9 heteroatoms. The molecule has 0 unspecified atom stereocenters. The van der Waals surface area contributed by atoms with Gasteiger partial charge in [-0.05, 0) is 50.6 Å². The Morgan fingerprint density at radius 3 is 2.85 bits per heavy atom. The zero-order chi connectivity index (χ0) is 22.9. The van der Waals surface area contributed by atoms with Crippen LogP contribution in [0.5, 0.6) is 5.75 Å². The molecule has 7 nitrogen and oxygen atoms in total. The molecule has 5 heterocycles. The highest BCUT2D eigenvalue weighted by Gasteiger charge is 2.37. The number of aromatic hydroxyl groups is 1. The van der Waals surface area contributed by atoms with E-state index in [1.165, 1.54) is 17.5 Å². The van der Waals surface area contributed by atoms with E-state index >= 15 is 0 Å². The first-order valence-electron chi connectivity index (χ1n) is 11.2. The van der Waals surface area contributed by atoms with Crippen LogP contribution in [0.3, 0.4) is 0 Å². The molecule has 33 heavy (non-hydrogen) atoms. The monoisotopic (exact) mass is 466 g/mol. The summed E-state index contributed by atoms with van der Waals surface area (Å²) in [6, 6.07) is 5.93. The molecular formula is C24H24ClFN6O. The van der Waals surface area contributed by atoms with E-state index in [2.05, 4.69) is 31.9 Å². The van der Waals surface area contributed by atoms with E-state index in [4.69, 9.17) is 11.6 Å². The Bertz CT molecular complexity index is 1410. The number of piperidine rings is 1. The van der Waals surface area contributed by atoms with Crippen molar-refractivity contribution >= 4 is 39.2 Å². The largest absolute Gasteiger partial charge is 0.504 e. The summed E-state index contributed by atoms with van der Waals surface area (Å²) in [5.74, 6) is -0.592. The van der Waals surface area contributed by atoms with Crippen LogP contribution in [0.2, 0.25) is 5.02 Å². The van der Waals surface area contributed by atoms with Crippen LogP contribution in [-0.4, -0.2) is 62.5 Å². The van der Waals surface area contributed by atoms with Gasteiger partial charge in [0.05, 0.1) is 22.6 Å². The van der Waals surface area contributed by atoms with Crippen molar-refractivity contribution in [3.8, 4) is 17.0 Å². The predicted octanol–water partition coefficient (Wildman–Crippen LogP) is 4.21. The predicted molar refractivity (Wildman–Crippen MR) is 127 cm³/mol. The fourth-order valence-electron chi connectivity index (χ4n) is 5.42. The van der Waals surface area contributed by atoms with Crippen molar-refractivity contribution in [3.63, 3.8) is 0 Å². The van der Waals surface area contributed by atoms with E-state index in [0.29, 0.717) is 33.7 Å². The molecule has 0 spiro atoms. The Labute approximate surface area is 195 Å². The third-order valence-electron chi connectivity index (χ3n) is 7.13. The molecule has 1 aromatic carbocycles. The molecule has 1 N–H and O–H groups in total. The molecule has 0 amide bonds. The van der Waals surface area contributed by atoms with Crippen LogP contribution < -0.4 is 4.90 Å². The number of likely N-dealkylation sites (N-methyl/N-ethyl adjacent to an activating group) is 1. The molecule has 2 fully saturated rings. The van der Waals surface area contributed by atoms with Crippen molar-refractivity contribution in [2.24, 2.45) is 13.0 Å². The van der Waals surface area contributed by atoms with Crippen LogP contribution in [0.1, 0.15) is 12.8 Å². The molecule has 3 aromatic heterocycles. The van der Waals surface area contributed by atoms with Gasteiger partial charge >= 0.3 is 0 Å². The van der Waals surface area contributed by atoms with Gasteiger partial charge in [0.2, 0.25) is 0 Å². The minimum Gasteiger partial charge on any atom is -0.504 e. The number of anilines is 1. The number of nitrogens with zero attached hydrogens (tertiary/aromatic N) is 6. The van der Waals surface area contributed by atoms with Crippen molar-refractivity contribution in [2.75, 3.05) is 31.6 Å². The fourth-order valence-corrected chi connectivity index (χ4v) is 5.66. The first-order chi connectivity index (χ1) is 15.9. The van der Waals surface area contributed by atoms with Crippen molar-refractivity contribution in [1.29, 1.82) is 0 Å². The summed E-state index contributed by atoms with van der Waals surface area (Å²) >= 11 is 6.65. The zero-order valence-corrected chi connectivity index (χ0v) is 19.2. The maximum atomic E-state index is 14.7. The SMILES string of the molecule is CN1CCC[C@@H]2CN(c3cnc4nc(-c5cc6cn(C)nc6c(F)c5O)cc(Cl)c4c3)C[C@@H]21. The molecule has 2 saturated heterocycles. The van der Waals surface area contributed by atoms with Gasteiger partial charge in [-0.25, -0.2) is 14.4 Å². The van der Waals surface area contributed by atoms with Crippen LogP contribution in [0, 0.1) is 11.7 Å². The van der Waals surface area contributed by atoms with Crippen LogP contribution >= 0.6 is 11.6 Å². The number of phenols is 1. The summed E-state index contributed by atoms with van der Waals surface area (Å²) in [7, 11) is 3.92.